The monoisotopic (exact) mass is 410 g/mol. The molecule has 2 bridgehead atoms. The molecule has 4 heteroatoms. The molecule has 4 rings (SSSR count). The van der Waals surface area contributed by atoms with E-state index in [-0.39, 0.29) is 17.2 Å². The summed E-state index contributed by atoms with van der Waals surface area (Å²) in [5.74, 6) is 0.684. The molecule has 1 aliphatic heterocycles. The number of likely N-dealkylation sites (tertiary alicyclic amines) is 1. The van der Waals surface area contributed by atoms with Crippen molar-refractivity contribution in [3.63, 3.8) is 0 Å². The van der Waals surface area contributed by atoms with E-state index in [0.29, 0.717) is 23.9 Å². The second kappa shape index (κ2) is 8.01. The fraction of sp³-hybridized carbons (Fsp3) is 0.692. The highest BCUT2D eigenvalue weighted by atomic mass is 16.2. The lowest BCUT2D eigenvalue weighted by Gasteiger charge is -2.39. The van der Waals surface area contributed by atoms with Crippen LogP contribution in [0.15, 0.2) is 24.3 Å². The zero-order valence-electron chi connectivity index (χ0n) is 19.2. The first-order valence-corrected chi connectivity index (χ1v) is 11.9. The number of nitrogens with zero attached hydrogens (tertiary/aromatic N) is 2. The van der Waals surface area contributed by atoms with E-state index in [2.05, 4.69) is 32.6 Å². The number of fused-ring (bicyclic) bond motifs is 2. The molecular weight excluding hydrogens is 372 g/mol. The van der Waals surface area contributed by atoms with E-state index >= 15 is 0 Å². The number of benzene rings is 1. The van der Waals surface area contributed by atoms with Crippen LogP contribution < -0.4 is 0 Å². The maximum atomic E-state index is 13.3. The Morgan fingerprint density at radius 1 is 1.07 bits per heavy atom. The van der Waals surface area contributed by atoms with Gasteiger partial charge in [0.2, 0.25) is 5.91 Å². The molecule has 30 heavy (non-hydrogen) atoms. The average molecular weight is 411 g/mol. The van der Waals surface area contributed by atoms with Crippen molar-refractivity contribution in [3.05, 3.63) is 35.4 Å². The number of rotatable bonds is 5. The van der Waals surface area contributed by atoms with E-state index in [1.54, 1.807) is 0 Å². The summed E-state index contributed by atoms with van der Waals surface area (Å²) in [5, 5.41) is 0. The Balaban J connectivity index is 1.42. The zero-order chi connectivity index (χ0) is 21.5. The van der Waals surface area contributed by atoms with Crippen LogP contribution in [-0.4, -0.2) is 40.7 Å². The molecule has 2 unspecified atom stereocenters. The molecule has 1 aromatic rings. The van der Waals surface area contributed by atoms with Crippen molar-refractivity contribution in [1.29, 1.82) is 0 Å². The van der Waals surface area contributed by atoms with Crippen LogP contribution in [0.1, 0.15) is 88.6 Å². The van der Waals surface area contributed by atoms with Gasteiger partial charge >= 0.3 is 0 Å². The molecule has 2 atom stereocenters. The Bertz CT molecular complexity index is 794. The normalized spacial score (nSPS) is 28.0. The number of hydrogen-bond donors (Lipinski definition) is 0. The van der Waals surface area contributed by atoms with E-state index in [9.17, 15) is 9.59 Å². The molecule has 0 aromatic heterocycles. The van der Waals surface area contributed by atoms with Gasteiger partial charge in [-0.1, -0.05) is 45.7 Å². The Hall–Kier alpha value is -1.84. The third kappa shape index (κ3) is 4.29. The highest BCUT2D eigenvalue weighted by Gasteiger charge is 2.51. The Kier molecular flexibility index (Phi) is 5.71. The van der Waals surface area contributed by atoms with Crippen molar-refractivity contribution in [2.75, 3.05) is 13.1 Å². The summed E-state index contributed by atoms with van der Waals surface area (Å²) in [7, 11) is 0. The van der Waals surface area contributed by atoms with E-state index in [4.69, 9.17) is 0 Å². The van der Waals surface area contributed by atoms with Gasteiger partial charge in [-0.15, -0.1) is 0 Å². The van der Waals surface area contributed by atoms with Gasteiger partial charge in [0, 0.05) is 37.2 Å². The predicted octanol–water partition coefficient (Wildman–Crippen LogP) is 5.27. The van der Waals surface area contributed by atoms with E-state index in [0.717, 1.165) is 49.9 Å². The highest BCUT2D eigenvalue weighted by Crippen LogP contribution is 2.52. The summed E-state index contributed by atoms with van der Waals surface area (Å²) in [6, 6.07) is 8.35. The quantitative estimate of drug-likeness (QED) is 0.664. The third-order valence-electron chi connectivity index (χ3n) is 7.65. The van der Waals surface area contributed by atoms with Gasteiger partial charge in [-0.25, -0.2) is 0 Å². The van der Waals surface area contributed by atoms with Crippen molar-refractivity contribution in [3.8, 4) is 0 Å². The predicted molar refractivity (Wildman–Crippen MR) is 120 cm³/mol. The van der Waals surface area contributed by atoms with Crippen molar-refractivity contribution in [1.82, 2.24) is 9.80 Å². The van der Waals surface area contributed by atoms with Crippen LogP contribution in [0.4, 0.5) is 0 Å². The topological polar surface area (TPSA) is 40.6 Å². The minimum Gasteiger partial charge on any atom is -0.338 e. The molecule has 2 saturated carbocycles. The first kappa shape index (κ1) is 21.4. The summed E-state index contributed by atoms with van der Waals surface area (Å²) in [6.07, 6.45) is 7.86. The van der Waals surface area contributed by atoms with Crippen LogP contribution in [0.2, 0.25) is 0 Å². The lowest BCUT2D eigenvalue weighted by molar-refractivity contribution is -0.135. The van der Waals surface area contributed by atoms with Gasteiger partial charge in [0.15, 0.2) is 0 Å². The van der Waals surface area contributed by atoms with Gasteiger partial charge in [0.1, 0.15) is 0 Å². The van der Waals surface area contributed by atoms with Crippen molar-refractivity contribution in [2.45, 2.75) is 85.2 Å². The second-order valence-corrected chi connectivity index (χ2v) is 11.2. The largest absolute Gasteiger partial charge is 0.338 e. The number of hydrogen-bond acceptors (Lipinski definition) is 2. The molecule has 1 saturated heterocycles. The number of carbonyl (C=O) groups excluding carboxylic acids is 2. The molecule has 2 aliphatic carbocycles. The summed E-state index contributed by atoms with van der Waals surface area (Å²) >= 11 is 0. The fourth-order valence-electron chi connectivity index (χ4n) is 6.61. The smallest absolute Gasteiger partial charge is 0.254 e. The summed E-state index contributed by atoms with van der Waals surface area (Å²) < 4.78 is 0. The summed E-state index contributed by atoms with van der Waals surface area (Å²) in [4.78, 5) is 30.2. The standard InChI is InChI=1S/C26H38N2O2/c1-5-27(23(29)20-8-6-7-9-20)16-19-10-12-21(13-11-19)24(30)28-18-26(4)15-22(28)14-25(2,3)17-26/h10-13,20,22H,5-9,14-18H2,1-4H3. The van der Waals surface area contributed by atoms with Gasteiger partial charge in [0.05, 0.1) is 0 Å². The SMILES string of the molecule is CCN(Cc1ccc(C(=O)N2CC3(C)CC2CC(C)(C)C3)cc1)C(=O)C1CCCC1. The molecule has 4 nitrogen and oxygen atoms in total. The summed E-state index contributed by atoms with van der Waals surface area (Å²) in [5.41, 5.74) is 2.45. The Labute approximate surface area is 182 Å². The maximum Gasteiger partial charge on any atom is 0.254 e. The second-order valence-electron chi connectivity index (χ2n) is 11.2. The third-order valence-corrected chi connectivity index (χ3v) is 7.65. The van der Waals surface area contributed by atoms with E-state index in [1.807, 2.05) is 29.2 Å². The highest BCUT2D eigenvalue weighted by molar-refractivity contribution is 5.94. The molecule has 0 spiro atoms. The molecule has 0 N–H and O–H groups in total. The Morgan fingerprint density at radius 3 is 2.37 bits per heavy atom. The molecular formula is C26H38N2O2. The minimum absolute atomic E-state index is 0.169. The first-order chi connectivity index (χ1) is 14.2. The Morgan fingerprint density at radius 2 is 1.73 bits per heavy atom. The van der Waals surface area contributed by atoms with E-state index in [1.165, 1.54) is 19.3 Å². The van der Waals surface area contributed by atoms with Gasteiger partial charge in [-0.3, -0.25) is 9.59 Å². The molecule has 0 radical (unpaired) electrons. The van der Waals surface area contributed by atoms with Gasteiger partial charge in [-0.05, 0) is 67.6 Å². The van der Waals surface area contributed by atoms with Crippen LogP contribution in [0.5, 0.6) is 0 Å². The van der Waals surface area contributed by atoms with Crippen LogP contribution in [0.3, 0.4) is 0 Å². The number of amides is 2. The minimum atomic E-state index is 0.169. The van der Waals surface area contributed by atoms with Gasteiger partial charge in [-0.2, -0.15) is 0 Å². The average Bonchev–Trinajstić information content (AvgIpc) is 3.31. The lowest BCUT2D eigenvalue weighted by Crippen LogP contribution is -2.37. The first-order valence-electron chi connectivity index (χ1n) is 11.9. The van der Waals surface area contributed by atoms with Gasteiger partial charge < -0.3 is 9.80 Å². The maximum absolute atomic E-state index is 13.3. The molecule has 164 valence electrons. The van der Waals surface area contributed by atoms with Crippen LogP contribution in [0.25, 0.3) is 0 Å². The van der Waals surface area contributed by atoms with Crippen molar-refractivity contribution >= 4 is 11.8 Å². The van der Waals surface area contributed by atoms with Crippen molar-refractivity contribution < 1.29 is 9.59 Å². The molecule has 1 heterocycles. The molecule has 3 aliphatic rings. The van der Waals surface area contributed by atoms with Crippen molar-refractivity contribution in [2.24, 2.45) is 16.7 Å². The fourth-order valence-corrected chi connectivity index (χ4v) is 6.61. The molecule has 2 amide bonds. The number of carbonyl (C=O) groups is 2. The van der Waals surface area contributed by atoms with Gasteiger partial charge in [0.25, 0.3) is 5.91 Å². The molecule has 1 aromatic carbocycles. The molecule has 3 fully saturated rings. The summed E-state index contributed by atoms with van der Waals surface area (Å²) in [6.45, 7) is 11.3. The lowest BCUT2D eigenvalue weighted by atomic mass is 9.65. The van der Waals surface area contributed by atoms with Crippen LogP contribution in [-0.2, 0) is 11.3 Å². The van der Waals surface area contributed by atoms with Crippen LogP contribution in [0, 0.1) is 16.7 Å². The van der Waals surface area contributed by atoms with Crippen LogP contribution >= 0.6 is 0 Å². The van der Waals surface area contributed by atoms with E-state index < -0.39 is 0 Å². The zero-order valence-corrected chi connectivity index (χ0v) is 19.2.